The van der Waals surface area contributed by atoms with Crippen molar-refractivity contribution in [2.45, 2.75) is 52.6 Å². The van der Waals surface area contributed by atoms with E-state index in [4.69, 9.17) is 0 Å². The fraction of sp³-hybridized carbons (Fsp3) is 0.545. The van der Waals surface area contributed by atoms with Gasteiger partial charge >= 0.3 is 0 Å². The van der Waals surface area contributed by atoms with Crippen molar-refractivity contribution in [3.8, 4) is 0 Å². The lowest BCUT2D eigenvalue weighted by atomic mass is 9.45. The molecule has 1 amide bonds. The summed E-state index contributed by atoms with van der Waals surface area (Å²) < 4.78 is 1.80. The number of rotatable bonds is 6. The van der Waals surface area contributed by atoms with Gasteiger partial charge in [0, 0.05) is 30.5 Å². The number of amides is 1. The van der Waals surface area contributed by atoms with Crippen LogP contribution in [0.2, 0.25) is 0 Å². The number of nitrogens with one attached hydrogen (secondary N) is 2. The summed E-state index contributed by atoms with van der Waals surface area (Å²) >= 11 is 3.44. The van der Waals surface area contributed by atoms with Crippen LogP contribution in [0.25, 0.3) is 0 Å². The molecule has 2 aromatic heterocycles. The summed E-state index contributed by atoms with van der Waals surface area (Å²) in [5.41, 5.74) is 1.60. The minimum Gasteiger partial charge on any atom is -0.380 e. The van der Waals surface area contributed by atoms with E-state index in [1.165, 1.54) is 11.1 Å². The highest BCUT2D eigenvalue weighted by Crippen LogP contribution is 2.61. The highest BCUT2D eigenvalue weighted by Gasteiger charge is 2.56. The number of carbonyl (C=O) groups is 1. The zero-order chi connectivity index (χ0) is 21.5. The quantitative estimate of drug-likeness (QED) is 0.663. The Hall–Kier alpha value is -2.22. The summed E-state index contributed by atoms with van der Waals surface area (Å²) in [5, 5.41) is 10.6. The number of halogens is 1. The SMILES string of the molecule is C[C@@H]1[C@H]2C[C@@H](C[C@H]1Nc1cnn(CCC(=O)Nc3ccncc3)c(=O)c1Br)C2(C)C. The molecule has 0 saturated heterocycles. The van der Waals surface area contributed by atoms with E-state index in [2.05, 4.69) is 57.4 Å². The Morgan fingerprint density at radius 3 is 2.70 bits per heavy atom. The average molecular weight is 474 g/mol. The zero-order valence-corrected chi connectivity index (χ0v) is 19.1. The van der Waals surface area contributed by atoms with Crippen molar-refractivity contribution in [1.82, 2.24) is 14.8 Å². The molecule has 0 spiro atoms. The lowest BCUT2D eigenvalue weighted by Crippen LogP contribution is -2.58. The molecule has 0 aromatic carbocycles. The van der Waals surface area contributed by atoms with Crippen LogP contribution in [0.1, 0.15) is 40.0 Å². The summed E-state index contributed by atoms with van der Waals surface area (Å²) in [7, 11) is 0. The second-order valence-corrected chi connectivity index (χ2v) is 9.93. The van der Waals surface area contributed by atoms with Crippen LogP contribution >= 0.6 is 15.9 Å². The van der Waals surface area contributed by atoms with Gasteiger partial charge in [0.2, 0.25) is 5.91 Å². The van der Waals surface area contributed by atoms with Gasteiger partial charge in [-0.2, -0.15) is 5.10 Å². The average Bonchev–Trinajstić information content (AvgIpc) is 2.72. The summed E-state index contributed by atoms with van der Waals surface area (Å²) in [5.74, 6) is 1.84. The fourth-order valence-corrected chi connectivity index (χ4v) is 5.55. The van der Waals surface area contributed by atoms with Gasteiger partial charge in [0.25, 0.3) is 5.56 Å². The summed E-state index contributed by atoms with van der Waals surface area (Å²) in [6, 6.07) is 3.79. The second-order valence-electron chi connectivity index (χ2n) is 9.14. The highest BCUT2D eigenvalue weighted by molar-refractivity contribution is 9.10. The first-order chi connectivity index (χ1) is 14.3. The van der Waals surface area contributed by atoms with Crippen LogP contribution in [0.5, 0.6) is 0 Å². The molecule has 7 nitrogen and oxygen atoms in total. The Kier molecular flexibility index (Phi) is 5.70. The highest BCUT2D eigenvalue weighted by atomic mass is 79.9. The number of fused-ring (bicyclic) bond motifs is 2. The molecule has 0 radical (unpaired) electrons. The van der Waals surface area contributed by atoms with Crippen molar-refractivity contribution in [2.24, 2.45) is 23.2 Å². The van der Waals surface area contributed by atoms with Crippen molar-refractivity contribution in [2.75, 3.05) is 10.6 Å². The van der Waals surface area contributed by atoms with Crippen molar-refractivity contribution >= 4 is 33.2 Å². The topological polar surface area (TPSA) is 88.9 Å². The molecule has 8 heteroatoms. The molecule has 3 aliphatic carbocycles. The number of aryl methyl sites for hydroxylation is 1. The normalized spacial score (nSPS) is 26.5. The van der Waals surface area contributed by atoms with E-state index in [9.17, 15) is 9.59 Å². The molecule has 4 atom stereocenters. The third kappa shape index (κ3) is 3.89. The Morgan fingerprint density at radius 1 is 1.30 bits per heavy atom. The Bertz CT molecular complexity index is 991. The standard InChI is InChI=1S/C22H28BrN5O2/c1-13-16-10-14(22(16,2)3)11-17(13)27-18-12-25-28(21(30)20(18)23)9-6-19(29)26-15-4-7-24-8-5-15/h4-5,7-8,12-14,16-17,27H,6,9-11H2,1-3H3,(H,24,26,29)/t13-,14+,16-,17-/m1/s1. The van der Waals surface area contributed by atoms with E-state index in [1.54, 1.807) is 30.7 Å². The molecule has 0 unspecified atom stereocenters. The Balaban J connectivity index is 1.38. The van der Waals surface area contributed by atoms with E-state index in [0.717, 1.165) is 23.9 Å². The maximum absolute atomic E-state index is 12.7. The first-order valence-electron chi connectivity index (χ1n) is 10.5. The third-order valence-corrected chi connectivity index (χ3v) is 7.96. The second kappa shape index (κ2) is 8.13. The van der Waals surface area contributed by atoms with Gasteiger partial charge in [-0.1, -0.05) is 20.8 Å². The summed E-state index contributed by atoms with van der Waals surface area (Å²) in [6.45, 7) is 7.28. The molecule has 160 valence electrons. The number of pyridine rings is 1. The molecule has 30 heavy (non-hydrogen) atoms. The largest absolute Gasteiger partial charge is 0.380 e. The zero-order valence-electron chi connectivity index (χ0n) is 17.6. The van der Waals surface area contributed by atoms with Gasteiger partial charge in [-0.15, -0.1) is 0 Å². The summed E-state index contributed by atoms with van der Waals surface area (Å²) in [4.78, 5) is 28.8. The number of hydrogen-bond acceptors (Lipinski definition) is 5. The van der Waals surface area contributed by atoms with Crippen LogP contribution < -0.4 is 16.2 Å². The van der Waals surface area contributed by atoms with E-state index < -0.39 is 0 Å². The maximum atomic E-state index is 12.7. The first kappa shape index (κ1) is 21.0. The van der Waals surface area contributed by atoms with Crippen molar-refractivity contribution in [3.05, 3.63) is 45.5 Å². The van der Waals surface area contributed by atoms with E-state index in [-0.39, 0.29) is 24.4 Å². The predicted octanol–water partition coefficient (Wildman–Crippen LogP) is 3.91. The number of hydrogen-bond donors (Lipinski definition) is 2. The van der Waals surface area contributed by atoms with Gasteiger partial charge in [-0.3, -0.25) is 14.6 Å². The van der Waals surface area contributed by atoms with E-state index >= 15 is 0 Å². The van der Waals surface area contributed by atoms with Gasteiger partial charge in [0.05, 0.1) is 18.4 Å². The molecule has 2 bridgehead atoms. The molecule has 3 fully saturated rings. The van der Waals surface area contributed by atoms with Gasteiger partial charge in [0.15, 0.2) is 0 Å². The monoisotopic (exact) mass is 473 g/mol. The maximum Gasteiger partial charge on any atom is 0.283 e. The van der Waals surface area contributed by atoms with Crippen LogP contribution in [0.15, 0.2) is 40.0 Å². The molecule has 5 rings (SSSR count). The molecule has 3 saturated carbocycles. The third-order valence-electron chi connectivity index (χ3n) is 7.19. The number of nitrogens with zero attached hydrogens (tertiary/aromatic N) is 3. The van der Waals surface area contributed by atoms with Crippen LogP contribution in [-0.2, 0) is 11.3 Å². The molecule has 3 aliphatic rings. The molecule has 2 N–H and O–H groups in total. The van der Waals surface area contributed by atoms with Gasteiger partial charge < -0.3 is 10.6 Å². The number of aromatic nitrogens is 3. The summed E-state index contributed by atoms with van der Waals surface area (Å²) in [6.07, 6.45) is 7.51. The lowest BCUT2D eigenvalue weighted by molar-refractivity contribution is -0.116. The first-order valence-corrected chi connectivity index (χ1v) is 11.3. The van der Waals surface area contributed by atoms with Crippen molar-refractivity contribution in [3.63, 3.8) is 0 Å². The predicted molar refractivity (Wildman–Crippen MR) is 120 cm³/mol. The van der Waals surface area contributed by atoms with Crippen LogP contribution in [0.3, 0.4) is 0 Å². The minimum atomic E-state index is -0.231. The number of carbonyl (C=O) groups excluding carboxylic acids is 1. The van der Waals surface area contributed by atoms with Crippen LogP contribution in [-0.4, -0.2) is 26.7 Å². The van der Waals surface area contributed by atoms with Gasteiger partial charge in [0.1, 0.15) is 4.47 Å². The Morgan fingerprint density at radius 2 is 2.03 bits per heavy atom. The molecule has 2 aromatic rings. The van der Waals surface area contributed by atoms with Crippen LogP contribution in [0, 0.1) is 23.2 Å². The van der Waals surface area contributed by atoms with Crippen molar-refractivity contribution in [1.29, 1.82) is 0 Å². The van der Waals surface area contributed by atoms with Crippen LogP contribution in [0.4, 0.5) is 11.4 Å². The minimum absolute atomic E-state index is 0.159. The lowest BCUT2D eigenvalue weighted by Gasteiger charge is -2.62. The van der Waals surface area contributed by atoms with E-state index in [1.807, 2.05) is 0 Å². The number of anilines is 2. The van der Waals surface area contributed by atoms with Crippen molar-refractivity contribution < 1.29 is 4.79 Å². The molecule has 0 aliphatic heterocycles. The van der Waals surface area contributed by atoms with Gasteiger partial charge in [-0.25, -0.2) is 4.68 Å². The molecular weight excluding hydrogens is 446 g/mol. The van der Waals surface area contributed by atoms with E-state index in [0.29, 0.717) is 27.5 Å². The Labute approximate surface area is 184 Å². The smallest absolute Gasteiger partial charge is 0.283 e. The fourth-order valence-electron chi connectivity index (χ4n) is 5.13. The van der Waals surface area contributed by atoms with Gasteiger partial charge in [-0.05, 0) is 64.1 Å². The molecular formula is C22H28BrN5O2. The molecule has 2 heterocycles.